The van der Waals surface area contributed by atoms with E-state index in [-0.39, 0.29) is 18.5 Å². The summed E-state index contributed by atoms with van der Waals surface area (Å²) in [7, 11) is 0. The van der Waals surface area contributed by atoms with E-state index in [4.69, 9.17) is 19.7 Å². The number of ether oxygens (including phenoxy) is 2. The van der Waals surface area contributed by atoms with E-state index in [1.807, 2.05) is 19.4 Å². The van der Waals surface area contributed by atoms with E-state index in [1.54, 1.807) is 11.8 Å². The molecule has 7 nitrogen and oxygen atoms in total. The first-order valence-electron chi connectivity index (χ1n) is 24.2. The number of unbranched alkanes of at least 4 members (excludes halogenated alkanes) is 23. The van der Waals surface area contributed by atoms with Crippen molar-refractivity contribution in [1.29, 1.82) is 0 Å². The minimum Gasteiger partial charge on any atom is -0.465 e. The molecule has 0 aromatic rings. The van der Waals surface area contributed by atoms with Gasteiger partial charge in [0.1, 0.15) is 0 Å². The van der Waals surface area contributed by atoms with Crippen molar-refractivity contribution in [3.05, 3.63) is 0 Å². The Labute approximate surface area is 355 Å². The molecule has 3 N–H and O–H groups in total. The minimum absolute atomic E-state index is 0.0568. The smallest absolute Gasteiger partial charge is 0.308 e. The van der Waals surface area contributed by atoms with Gasteiger partial charge in [-0.2, -0.15) is 11.8 Å². The summed E-state index contributed by atoms with van der Waals surface area (Å²) in [6.07, 6.45) is 41.5. The van der Waals surface area contributed by atoms with Crippen LogP contribution in [0.25, 0.3) is 0 Å². The number of hydrogen-bond donors (Lipinski definition) is 3. The van der Waals surface area contributed by atoms with E-state index in [0.717, 1.165) is 96.7 Å². The van der Waals surface area contributed by atoms with Gasteiger partial charge in [0.05, 0.1) is 12.5 Å². The number of hydrogen-bond acceptors (Lipinski definition) is 8. The van der Waals surface area contributed by atoms with Crippen LogP contribution in [-0.2, 0) is 14.3 Å². The van der Waals surface area contributed by atoms with Crippen LogP contribution in [0.4, 0.5) is 0 Å². The second-order valence-corrected chi connectivity index (χ2v) is 16.8. The third-order valence-electron chi connectivity index (χ3n) is 10.4. The quantitative estimate of drug-likeness (QED) is 0.0318. The highest BCUT2D eigenvalue weighted by Gasteiger charge is 2.19. The first-order chi connectivity index (χ1) is 27.4. The third kappa shape index (κ3) is 51.6. The van der Waals surface area contributed by atoms with E-state index >= 15 is 0 Å². The zero-order valence-corrected chi connectivity index (χ0v) is 39.5. The maximum absolute atomic E-state index is 12.8. The molecule has 0 rings (SSSR count). The van der Waals surface area contributed by atoms with Gasteiger partial charge in [-0.1, -0.05) is 162 Å². The average Bonchev–Trinajstić information content (AvgIpc) is 3.19. The van der Waals surface area contributed by atoms with Gasteiger partial charge in [-0.25, -0.2) is 0 Å². The van der Waals surface area contributed by atoms with Crippen LogP contribution in [-0.4, -0.2) is 91.1 Å². The SMILES string of the molecule is CCCCCCCCC(CCCCCC)C(=O)OCCCCCCN(CCCCO)CCCCCCO.CCCCCCCCCCCC(O)OCC.CSC. The minimum atomic E-state index is -0.533. The second kappa shape index (κ2) is 54.6. The van der Waals surface area contributed by atoms with Crippen molar-refractivity contribution in [2.45, 2.75) is 239 Å². The second-order valence-electron chi connectivity index (χ2n) is 16.0. The molecule has 0 spiro atoms. The molecule has 56 heavy (non-hydrogen) atoms. The van der Waals surface area contributed by atoms with Crippen LogP contribution in [0.3, 0.4) is 0 Å². The fourth-order valence-electron chi connectivity index (χ4n) is 6.94. The van der Waals surface area contributed by atoms with Crippen molar-refractivity contribution < 1.29 is 29.6 Å². The van der Waals surface area contributed by atoms with E-state index in [9.17, 15) is 9.90 Å². The number of esters is 1. The van der Waals surface area contributed by atoms with Crippen LogP contribution in [0.2, 0.25) is 0 Å². The van der Waals surface area contributed by atoms with Gasteiger partial charge in [-0.05, 0) is 103 Å². The molecule has 0 heterocycles. The van der Waals surface area contributed by atoms with Gasteiger partial charge in [0, 0.05) is 19.8 Å². The molecular weight excluding hydrogens is 719 g/mol. The van der Waals surface area contributed by atoms with Crippen LogP contribution < -0.4 is 0 Å². The van der Waals surface area contributed by atoms with Gasteiger partial charge in [0.25, 0.3) is 0 Å². The molecule has 0 fully saturated rings. The molecule has 340 valence electrons. The molecule has 0 aliphatic rings. The van der Waals surface area contributed by atoms with Crippen molar-refractivity contribution in [2.24, 2.45) is 5.92 Å². The monoisotopic (exact) mass is 820 g/mol. The zero-order chi connectivity index (χ0) is 42.0. The van der Waals surface area contributed by atoms with Gasteiger partial charge in [-0.3, -0.25) is 4.79 Å². The summed E-state index contributed by atoms with van der Waals surface area (Å²) in [5, 5.41) is 27.4. The first kappa shape index (κ1) is 59.9. The third-order valence-corrected chi connectivity index (χ3v) is 10.4. The summed E-state index contributed by atoms with van der Waals surface area (Å²) in [6.45, 7) is 13.7. The lowest BCUT2D eigenvalue weighted by Crippen LogP contribution is -2.27. The number of rotatable bonds is 42. The van der Waals surface area contributed by atoms with Gasteiger partial charge in [0.15, 0.2) is 6.29 Å². The molecule has 8 heteroatoms. The lowest BCUT2D eigenvalue weighted by atomic mass is 9.94. The predicted molar refractivity (Wildman–Crippen MR) is 247 cm³/mol. The van der Waals surface area contributed by atoms with Crippen molar-refractivity contribution in [3.63, 3.8) is 0 Å². The van der Waals surface area contributed by atoms with E-state index in [0.29, 0.717) is 19.8 Å². The molecular formula is C48H101NO6S. The topological polar surface area (TPSA) is 99.5 Å². The largest absolute Gasteiger partial charge is 0.465 e. The molecule has 0 radical (unpaired) electrons. The molecule has 0 aliphatic heterocycles. The van der Waals surface area contributed by atoms with Crippen molar-refractivity contribution in [2.75, 3.05) is 58.6 Å². The Bertz CT molecular complexity index is 703. The highest BCUT2D eigenvalue weighted by Crippen LogP contribution is 2.21. The molecule has 0 saturated carbocycles. The molecule has 2 atom stereocenters. The maximum Gasteiger partial charge on any atom is 0.308 e. The standard InChI is InChI=1S/C32H65NO4.C14H30O2.C2H6S/c1-3-5-7-9-10-16-24-31(23-15-8-6-4-2)32(36)37-30-22-14-12-18-26-33(27-19-21-29-35)25-17-11-13-20-28-34;1-3-5-6-7-8-9-10-11-12-13-14(15)16-4-2;1-3-2/h31,34-35H,3-30H2,1-2H3;14-15H,3-13H2,1-2H3;1-2H3. The van der Waals surface area contributed by atoms with E-state index in [1.165, 1.54) is 128 Å². The Kier molecular flexibility index (Phi) is 58.5. The molecule has 0 aliphatic carbocycles. The summed E-state index contributed by atoms with van der Waals surface area (Å²) in [5.41, 5.74) is 0. The van der Waals surface area contributed by atoms with Crippen LogP contribution in [0, 0.1) is 5.92 Å². The Morgan fingerprint density at radius 1 is 0.500 bits per heavy atom. The number of carbonyl (C=O) groups excluding carboxylic acids is 1. The number of aliphatic hydroxyl groups is 3. The van der Waals surface area contributed by atoms with Crippen LogP contribution in [0.15, 0.2) is 0 Å². The van der Waals surface area contributed by atoms with Crippen molar-refractivity contribution >= 4 is 17.7 Å². The molecule has 0 saturated heterocycles. The normalized spacial score (nSPS) is 12.2. The summed E-state index contributed by atoms with van der Waals surface area (Å²) in [5.74, 6) is 0.161. The van der Waals surface area contributed by atoms with E-state index in [2.05, 4.69) is 25.7 Å². The fraction of sp³-hybridized carbons (Fsp3) is 0.979. The molecule has 0 aromatic heterocycles. The van der Waals surface area contributed by atoms with Gasteiger partial charge in [-0.15, -0.1) is 0 Å². The highest BCUT2D eigenvalue weighted by molar-refractivity contribution is 7.97. The Hall–Kier alpha value is -0.380. The predicted octanol–water partition coefficient (Wildman–Crippen LogP) is 13.3. The molecule has 0 bridgehead atoms. The van der Waals surface area contributed by atoms with Crippen molar-refractivity contribution in [1.82, 2.24) is 4.90 Å². The summed E-state index contributed by atoms with van der Waals surface area (Å²) in [4.78, 5) is 15.3. The Morgan fingerprint density at radius 2 is 0.839 bits per heavy atom. The van der Waals surface area contributed by atoms with Crippen LogP contribution in [0.5, 0.6) is 0 Å². The highest BCUT2D eigenvalue weighted by atomic mass is 32.2. The average molecular weight is 820 g/mol. The number of nitrogens with zero attached hydrogens (tertiary/aromatic N) is 1. The summed E-state index contributed by atoms with van der Waals surface area (Å²) in [6, 6.07) is 0. The molecule has 2 unspecified atom stereocenters. The maximum atomic E-state index is 12.8. The van der Waals surface area contributed by atoms with Gasteiger partial charge < -0.3 is 29.7 Å². The van der Waals surface area contributed by atoms with Crippen LogP contribution in [0.1, 0.15) is 233 Å². The molecule has 0 aromatic carbocycles. The number of thioether (sulfide) groups is 1. The van der Waals surface area contributed by atoms with Crippen molar-refractivity contribution in [3.8, 4) is 0 Å². The fourth-order valence-corrected chi connectivity index (χ4v) is 6.94. The Balaban J connectivity index is -0.00000122. The number of aliphatic hydroxyl groups excluding tert-OH is 3. The van der Waals surface area contributed by atoms with Gasteiger partial charge >= 0.3 is 5.97 Å². The van der Waals surface area contributed by atoms with E-state index < -0.39 is 6.29 Å². The summed E-state index contributed by atoms with van der Waals surface area (Å²) < 4.78 is 10.8. The van der Waals surface area contributed by atoms with Gasteiger partial charge in [0.2, 0.25) is 0 Å². The number of carbonyl (C=O) groups is 1. The Morgan fingerprint density at radius 3 is 1.29 bits per heavy atom. The van der Waals surface area contributed by atoms with Crippen LogP contribution >= 0.6 is 11.8 Å². The summed E-state index contributed by atoms with van der Waals surface area (Å²) >= 11 is 1.75. The lowest BCUT2D eigenvalue weighted by molar-refractivity contribution is -0.149. The first-order valence-corrected chi connectivity index (χ1v) is 25.9. The lowest BCUT2D eigenvalue weighted by Gasteiger charge is -2.22. The zero-order valence-electron chi connectivity index (χ0n) is 38.7. The molecule has 0 amide bonds.